The summed E-state index contributed by atoms with van der Waals surface area (Å²) in [5.41, 5.74) is 2.38. The van der Waals surface area contributed by atoms with Crippen LogP contribution in [0.3, 0.4) is 0 Å². The molecule has 0 aliphatic rings. The summed E-state index contributed by atoms with van der Waals surface area (Å²) in [6.45, 7) is 0.0772. The van der Waals surface area contributed by atoms with Gasteiger partial charge in [-0.3, -0.25) is 4.79 Å². The summed E-state index contributed by atoms with van der Waals surface area (Å²) >= 11 is 0. The van der Waals surface area contributed by atoms with Crippen LogP contribution in [0.1, 0.15) is 15.9 Å². The van der Waals surface area contributed by atoms with Gasteiger partial charge in [-0.15, -0.1) is 0 Å². The molecule has 0 spiro atoms. The highest BCUT2D eigenvalue weighted by atomic mass is 16.5. The summed E-state index contributed by atoms with van der Waals surface area (Å²) in [5, 5.41) is 3.89. The minimum atomic E-state index is -0.650. The number of benzene rings is 2. The van der Waals surface area contributed by atoms with E-state index in [1.54, 1.807) is 18.2 Å². The Morgan fingerprint density at radius 2 is 1.86 bits per heavy atom. The first kappa shape index (κ1) is 19.3. The Hall–Kier alpha value is -3.48. The van der Waals surface area contributed by atoms with Crippen molar-refractivity contribution in [3.8, 4) is 11.5 Å². The van der Waals surface area contributed by atoms with Crippen molar-refractivity contribution >= 4 is 22.8 Å². The Bertz CT molecular complexity index is 980. The van der Waals surface area contributed by atoms with Gasteiger partial charge in [0.1, 0.15) is 5.56 Å². The number of aromatic amines is 1. The van der Waals surface area contributed by atoms with Crippen LogP contribution in [-0.4, -0.2) is 44.2 Å². The SMILES string of the molecule is COc1cccc(C(=O)OCC(=O)NCCc2c[nH]c3ccccc23)c1OC. The first-order chi connectivity index (χ1) is 13.6. The number of fused-ring (bicyclic) bond motifs is 1. The summed E-state index contributed by atoms with van der Waals surface area (Å²) in [7, 11) is 2.92. The molecular weight excluding hydrogens is 360 g/mol. The molecule has 0 unspecified atom stereocenters. The van der Waals surface area contributed by atoms with Crippen LogP contribution in [0.4, 0.5) is 0 Å². The van der Waals surface area contributed by atoms with Crippen molar-refractivity contribution in [2.45, 2.75) is 6.42 Å². The number of esters is 1. The van der Waals surface area contributed by atoms with Gasteiger partial charge < -0.3 is 24.5 Å². The van der Waals surface area contributed by atoms with Gasteiger partial charge in [-0.25, -0.2) is 4.79 Å². The molecule has 0 radical (unpaired) electrons. The van der Waals surface area contributed by atoms with Crippen LogP contribution in [0.2, 0.25) is 0 Å². The Labute approximate surface area is 162 Å². The number of para-hydroxylation sites is 2. The smallest absolute Gasteiger partial charge is 0.342 e. The van der Waals surface area contributed by atoms with Crippen LogP contribution >= 0.6 is 0 Å². The third-order valence-electron chi connectivity index (χ3n) is 4.35. The number of ether oxygens (including phenoxy) is 3. The van der Waals surface area contributed by atoms with Gasteiger partial charge in [0, 0.05) is 23.6 Å². The van der Waals surface area contributed by atoms with Crippen LogP contribution in [-0.2, 0) is 16.0 Å². The van der Waals surface area contributed by atoms with Gasteiger partial charge in [0.2, 0.25) is 0 Å². The molecule has 0 bridgehead atoms. The number of H-pyrrole nitrogens is 1. The van der Waals surface area contributed by atoms with E-state index in [4.69, 9.17) is 14.2 Å². The number of hydrogen-bond donors (Lipinski definition) is 2. The van der Waals surface area contributed by atoms with E-state index in [0.29, 0.717) is 18.7 Å². The molecule has 0 aliphatic heterocycles. The number of nitrogens with one attached hydrogen (secondary N) is 2. The molecule has 1 heterocycles. The second kappa shape index (κ2) is 8.94. The molecule has 0 aliphatic carbocycles. The van der Waals surface area contributed by atoms with Crippen molar-refractivity contribution < 1.29 is 23.8 Å². The molecule has 1 aromatic heterocycles. The lowest BCUT2D eigenvalue weighted by Gasteiger charge is -2.12. The monoisotopic (exact) mass is 382 g/mol. The van der Waals surface area contributed by atoms with E-state index in [0.717, 1.165) is 16.5 Å². The van der Waals surface area contributed by atoms with Crippen molar-refractivity contribution in [2.24, 2.45) is 0 Å². The fraction of sp³-hybridized carbons (Fsp3) is 0.238. The minimum Gasteiger partial charge on any atom is -0.493 e. The molecule has 146 valence electrons. The van der Waals surface area contributed by atoms with Crippen LogP contribution in [0.15, 0.2) is 48.7 Å². The quantitative estimate of drug-likeness (QED) is 0.585. The number of carbonyl (C=O) groups excluding carboxylic acids is 2. The molecule has 0 fully saturated rings. The fourth-order valence-corrected chi connectivity index (χ4v) is 2.98. The normalized spacial score (nSPS) is 10.5. The maximum absolute atomic E-state index is 12.3. The Kier molecular flexibility index (Phi) is 6.16. The summed E-state index contributed by atoms with van der Waals surface area (Å²) in [4.78, 5) is 27.5. The van der Waals surface area contributed by atoms with Gasteiger partial charge in [-0.2, -0.15) is 0 Å². The predicted octanol–water partition coefficient (Wildman–Crippen LogP) is 2.70. The Balaban J connectivity index is 1.50. The molecule has 3 aromatic rings. The first-order valence-electron chi connectivity index (χ1n) is 8.84. The molecule has 0 atom stereocenters. The fourth-order valence-electron chi connectivity index (χ4n) is 2.98. The molecular formula is C21H22N2O5. The molecule has 28 heavy (non-hydrogen) atoms. The number of rotatable bonds is 8. The van der Waals surface area contributed by atoms with Gasteiger partial charge in [-0.05, 0) is 30.2 Å². The summed E-state index contributed by atoms with van der Waals surface area (Å²) in [6, 6.07) is 12.9. The first-order valence-corrected chi connectivity index (χ1v) is 8.84. The van der Waals surface area contributed by atoms with E-state index in [1.807, 2.05) is 30.5 Å². The molecule has 0 saturated carbocycles. The summed E-state index contributed by atoms with van der Waals surface area (Å²) in [5.74, 6) is -0.326. The standard InChI is InChI=1S/C21H22N2O5/c1-26-18-9-5-7-16(20(18)27-2)21(25)28-13-19(24)22-11-10-14-12-23-17-8-4-3-6-15(14)17/h3-9,12,23H,10-11,13H2,1-2H3,(H,22,24). The molecule has 2 aromatic carbocycles. The van der Waals surface area contributed by atoms with Gasteiger partial charge in [0.05, 0.1) is 14.2 Å². The number of carbonyl (C=O) groups is 2. The van der Waals surface area contributed by atoms with Crippen LogP contribution in [0, 0.1) is 0 Å². The van der Waals surface area contributed by atoms with Crippen molar-refractivity contribution in [2.75, 3.05) is 27.4 Å². The van der Waals surface area contributed by atoms with Crippen LogP contribution in [0.5, 0.6) is 11.5 Å². The molecule has 2 N–H and O–H groups in total. The minimum absolute atomic E-state index is 0.202. The maximum atomic E-state index is 12.3. The largest absolute Gasteiger partial charge is 0.493 e. The summed E-state index contributed by atoms with van der Waals surface area (Å²) in [6.07, 6.45) is 2.61. The van der Waals surface area contributed by atoms with E-state index >= 15 is 0 Å². The van der Waals surface area contributed by atoms with Crippen molar-refractivity contribution in [1.82, 2.24) is 10.3 Å². The molecule has 3 rings (SSSR count). The zero-order valence-electron chi connectivity index (χ0n) is 15.8. The van der Waals surface area contributed by atoms with Crippen molar-refractivity contribution in [3.05, 3.63) is 59.8 Å². The van der Waals surface area contributed by atoms with E-state index in [9.17, 15) is 9.59 Å². The van der Waals surface area contributed by atoms with Gasteiger partial charge in [0.15, 0.2) is 18.1 Å². The highest BCUT2D eigenvalue weighted by molar-refractivity contribution is 5.95. The Morgan fingerprint density at radius 1 is 1.04 bits per heavy atom. The zero-order chi connectivity index (χ0) is 19.9. The predicted molar refractivity (Wildman–Crippen MR) is 105 cm³/mol. The van der Waals surface area contributed by atoms with E-state index in [-0.39, 0.29) is 23.8 Å². The van der Waals surface area contributed by atoms with Gasteiger partial charge in [-0.1, -0.05) is 24.3 Å². The van der Waals surface area contributed by atoms with E-state index in [1.165, 1.54) is 14.2 Å². The maximum Gasteiger partial charge on any atom is 0.342 e. The van der Waals surface area contributed by atoms with Crippen molar-refractivity contribution in [1.29, 1.82) is 0 Å². The number of amides is 1. The van der Waals surface area contributed by atoms with E-state index < -0.39 is 5.97 Å². The second-order valence-electron chi connectivity index (χ2n) is 6.08. The van der Waals surface area contributed by atoms with Crippen LogP contribution in [0.25, 0.3) is 10.9 Å². The number of hydrogen-bond acceptors (Lipinski definition) is 5. The lowest BCUT2D eigenvalue weighted by Crippen LogP contribution is -2.30. The highest BCUT2D eigenvalue weighted by Gasteiger charge is 2.18. The number of aromatic nitrogens is 1. The van der Waals surface area contributed by atoms with Gasteiger partial charge >= 0.3 is 5.97 Å². The topological polar surface area (TPSA) is 89.6 Å². The zero-order valence-corrected chi connectivity index (χ0v) is 15.8. The Morgan fingerprint density at radius 3 is 2.64 bits per heavy atom. The summed E-state index contributed by atoms with van der Waals surface area (Å²) < 4.78 is 15.5. The molecule has 7 nitrogen and oxygen atoms in total. The molecule has 7 heteroatoms. The third-order valence-corrected chi connectivity index (χ3v) is 4.35. The third kappa shape index (κ3) is 4.25. The average molecular weight is 382 g/mol. The number of methoxy groups -OCH3 is 2. The highest BCUT2D eigenvalue weighted by Crippen LogP contribution is 2.31. The van der Waals surface area contributed by atoms with E-state index in [2.05, 4.69) is 10.3 Å². The van der Waals surface area contributed by atoms with Crippen molar-refractivity contribution in [3.63, 3.8) is 0 Å². The molecule has 0 saturated heterocycles. The van der Waals surface area contributed by atoms with Crippen LogP contribution < -0.4 is 14.8 Å². The average Bonchev–Trinajstić information content (AvgIpc) is 3.14. The lowest BCUT2D eigenvalue weighted by atomic mass is 10.1. The second-order valence-corrected chi connectivity index (χ2v) is 6.08. The van der Waals surface area contributed by atoms with Gasteiger partial charge in [0.25, 0.3) is 5.91 Å². The lowest BCUT2D eigenvalue weighted by molar-refractivity contribution is -0.124. The molecule has 1 amide bonds.